The maximum absolute atomic E-state index is 11.5. The zero-order valence-electron chi connectivity index (χ0n) is 24.5. The van der Waals surface area contributed by atoms with Crippen LogP contribution in [0, 0.1) is 24.2 Å². The van der Waals surface area contributed by atoms with E-state index in [1.54, 1.807) is 6.07 Å². The van der Waals surface area contributed by atoms with E-state index < -0.39 is 10.0 Å². The summed E-state index contributed by atoms with van der Waals surface area (Å²) >= 11 is 0. The number of primary sulfonamides is 1. The summed E-state index contributed by atoms with van der Waals surface area (Å²) in [4.78, 5) is 15.6. The molecule has 0 amide bonds. The summed E-state index contributed by atoms with van der Waals surface area (Å²) in [5.41, 5.74) is 14.4. The second kappa shape index (κ2) is 12.8. The number of furan rings is 1. The van der Waals surface area contributed by atoms with Crippen molar-refractivity contribution >= 4 is 56.3 Å². The van der Waals surface area contributed by atoms with Gasteiger partial charge in [-0.25, -0.2) is 18.5 Å². The third-order valence-electron chi connectivity index (χ3n) is 7.43. The molecular weight excluding hydrogens is 580 g/mol. The number of guanidine groups is 1. The van der Waals surface area contributed by atoms with Crippen molar-refractivity contribution in [3.05, 3.63) is 77.7 Å². The van der Waals surface area contributed by atoms with Crippen molar-refractivity contribution in [1.29, 1.82) is 5.41 Å². The van der Waals surface area contributed by atoms with E-state index in [9.17, 15) is 8.42 Å². The number of aryl methyl sites for hydroxylation is 1. The Morgan fingerprint density at radius 3 is 2.61 bits per heavy atom. The van der Waals surface area contributed by atoms with Gasteiger partial charge in [0.2, 0.25) is 16.0 Å². The quantitative estimate of drug-likeness (QED) is 0.113. The molecule has 2 aromatic heterocycles. The Hall–Kier alpha value is -4.79. The Labute approximate surface area is 255 Å². The fourth-order valence-corrected chi connectivity index (χ4v) is 5.67. The third kappa shape index (κ3) is 7.58. The molecule has 1 aliphatic heterocycles. The molecule has 1 fully saturated rings. The predicted octanol–water partition coefficient (Wildman–Crippen LogP) is 3.21. The van der Waals surface area contributed by atoms with E-state index in [-0.39, 0.29) is 22.6 Å². The van der Waals surface area contributed by atoms with Crippen molar-refractivity contribution in [2.24, 2.45) is 33.4 Å². The number of benzene rings is 2. The second-order valence-electron chi connectivity index (χ2n) is 10.7. The van der Waals surface area contributed by atoms with Gasteiger partial charge in [-0.3, -0.25) is 5.41 Å². The van der Waals surface area contributed by atoms with Crippen molar-refractivity contribution in [2.45, 2.75) is 18.7 Å². The minimum absolute atomic E-state index is 0.00267. The first-order valence-electron chi connectivity index (χ1n) is 14.1. The molecule has 14 heteroatoms. The summed E-state index contributed by atoms with van der Waals surface area (Å²) in [6.45, 7) is 7.55. The molecule has 9 N–H and O–H groups in total. The number of likely N-dealkylation sites (tertiary alicyclic amines) is 1. The van der Waals surface area contributed by atoms with Gasteiger partial charge in [-0.1, -0.05) is 13.0 Å². The largest absolute Gasteiger partial charge is 0.457 e. The standard InChI is InChI=1S/C30H36N10O3S/c1-3-40-16-20(4-8-24-14-21-13-19(28(31)32)5-11-26(21)43-24)22(17-40)15-35-27-12-18(2)36-30(38-27)39-29(33)37-23-6-9-25(10-7-23)44(34,41)42/h4-14,20,22H,3,15-17H2,1-2H3,(H3,31,32)(H2,34,41,42)(H4,33,35,36,37,38,39)/b8-4+. The highest BCUT2D eigenvalue weighted by molar-refractivity contribution is 7.89. The number of fused-ring (bicyclic) bond motifs is 1. The Kier molecular flexibility index (Phi) is 8.94. The molecular formula is C30H36N10O3S. The number of nitrogens with two attached hydrogens (primary N) is 3. The van der Waals surface area contributed by atoms with Crippen molar-refractivity contribution in [2.75, 3.05) is 36.8 Å². The molecule has 1 aliphatic rings. The van der Waals surface area contributed by atoms with Gasteiger partial charge in [0.15, 0.2) is 0 Å². The van der Waals surface area contributed by atoms with Crippen LogP contribution in [0.1, 0.15) is 23.9 Å². The van der Waals surface area contributed by atoms with Crippen LogP contribution >= 0.6 is 0 Å². The number of nitrogens with zero attached hydrogens (tertiary/aromatic N) is 4. The SMILES string of the molecule is CCN1CC(/C=C/c2cc3cc(C(=N)N)ccc3o2)C(CNc2cc(C)nc(/N=C(\N)Nc3ccc(S(N)(=O)=O)cc3)n2)C1. The lowest BCUT2D eigenvalue weighted by Crippen LogP contribution is -2.23. The van der Waals surface area contributed by atoms with Crippen molar-refractivity contribution in [3.8, 4) is 0 Å². The fourth-order valence-electron chi connectivity index (χ4n) is 5.15. The number of hydrogen-bond donors (Lipinski definition) is 6. The van der Waals surface area contributed by atoms with E-state index in [1.807, 2.05) is 37.3 Å². The lowest BCUT2D eigenvalue weighted by Gasteiger charge is -2.17. The second-order valence-corrected chi connectivity index (χ2v) is 12.3. The summed E-state index contributed by atoms with van der Waals surface area (Å²) in [5, 5.41) is 20.1. The Balaban J connectivity index is 1.25. The summed E-state index contributed by atoms with van der Waals surface area (Å²) in [6, 6.07) is 15.1. The van der Waals surface area contributed by atoms with Gasteiger partial charge in [0.25, 0.3) is 5.95 Å². The highest BCUT2D eigenvalue weighted by Gasteiger charge is 2.30. The highest BCUT2D eigenvalue weighted by Crippen LogP contribution is 2.28. The molecule has 230 valence electrons. The monoisotopic (exact) mass is 616 g/mol. The van der Waals surface area contributed by atoms with Crippen LogP contribution in [0.5, 0.6) is 0 Å². The average molecular weight is 617 g/mol. The maximum atomic E-state index is 11.5. The minimum atomic E-state index is -3.79. The van der Waals surface area contributed by atoms with Gasteiger partial charge in [-0.15, -0.1) is 0 Å². The van der Waals surface area contributed by atoms with Gasteiger partial charge in [-0.2, -0.15) is 9.98 Å². The maximum Gasteiger partial charge on any atom is 0.254 e. The third-order valence-corrected chi connectivity index (χ3v) is 8.36. The molecule has 5 rings (SSSR count). The molecule has 0 bridgehead atoms. The lowest BCUT2D eigenvalue weighted by molar-refractivity contribution is 0.343. The van der Waals surface area contributed by atoms with Gasteiger partial charge in [0.05, 0.1) is 4.90 Å². The van der Waals surface area contributed by atoms with E-state index in [4.69, 9.17) is 26.4 Å². The van der Waals surface area contributed by atoms with Crippen LogP contribution in [0.4, 0.5) is 17.5 Å². The lowest BCUT2D eigenvalue weighted by atomic mass is 9.95. The topological polar surface area (TPSA) is 215 Å². The number of rotatable bonds is 10. The van der Waals surface area contributed by atoms with Gasteiger partial charge >= 0.3 is 0 Å². The smallest absolute Gasteiger partial charge is 0.254 e. The van der Waals surface area contributed by atoms with Crippen LogP contribution in [-0.4, -0.2) is 61.3 Å². The molecule has 0 spiro atoms. The number of hydrogen-bond acceptors (Lipinski definition) is 9. The van der Waals surface area contributed by atoms with E-state index in [0.717, 1.165) is 42.1 Å². The summed E-state index contributed by atoms with van der Waals surface area (Å²) in [7, 11) is -3.79. The first-order chi connectivity index (χ1) is 21.0. The van der Waals surface area contributed by atoms with Crippen LogP contribution in [0.2, 0.25) is 0 Å². The Morgan fingerprint density at radius 2 is 1.91 bits per heavy atom. The summed E-state index contributed by atoms with van der Waals surface area (Å²) in [6.07, 6.45) is 4.22. The van der Waals surface area contributed by atoms with Gasteiger partial charge < -0.3 is 31.4 Å². The molecule has 0 radical (unpaired) electrons. The van der Waals surface area contributed by atoms with E-state index in [0.29, 0.717) is 35.4 Å². The number of sulfonamides is 1. The predicted molar refractivity (Wildman–Crippen MR) is 173 cm³/mol. The van der Waals surface area contributed by atoms with E-state index >= 15 is 0 Å². The van der Waals surface area contributed by atoms with E-state index in [2.05, 4.69) is 43.5 Å². The van der Waals surface area contributed by atoms with Crippen LogP contribution in [0.25, 0.3) is 17.0 Å². The molecule has 13 nitrogen and oxygen atoms in total. The molecule has 3 heterocycles. The molecule has 2 unspecified atom stereocenters. The molecule has 2 aromatic carbocycles. The Bertz CT molecular complexity index is 1830. The highest BCUT2D eigenvalue weighted by atomic mass is 32.2. The number of aliphatic imine (C=N–C) groups is 1. The van der Waals surface area contributed by atoms with Gasteiger partial charge in [0.1, 0.15) is 23.0 Å². The van der Waals surface area contributed by atoms with Gasteiger partial charge in [0, 0.05) is 48.0 Å². The zero-order chi connectivity index (χ0) is 31.4. The molecule has 2 atom stereocenters. The van der Waals surface area contributed by atoms with Gasteiger partial charge in [-0.05, 0) is 79.9 Å². The van der Waals surface area contributed by atoms with Crippen LogP contribution in [0.15, 0.2) is 75.0 Å². The molecule has 4 aromatic rings. The number of nitrogens with one attached hydrogen (secondary N) is 3. The molecule has 44 heavy (non-hydrogen) atoms. The average Bonchev–Trinajstić information content (AvgIpc) is 3.57. The molecule has 0 aliphatic carbocycles. The molecule has 1 saturated heterocycles. The zero-order valence-corrected chi connectivity index (χ0v) is 25.3. The van der Waals surface area contributed by atoms with Crippen molar-refractivity contribution in [1.82, 2.24) is 14.9 Å². The Morgan fingerprint density at radius 1 is 1.14 bits per heavy atom. The number of nitrogen functional groups attached to an aromatic ring is 1. The first-order valence-corrected chi connectivity index (χ1v) is 15.6. The van der Waals surface area contributed by atoms with E-state index in [1.165, 1.54) is 24.3 Å². The minimum Gasteiger partial charge on any atom is -0.457 e. The number of anilines is 2. The van der Waals surface area contributed by atoms with Crippen molar-refractivity contribution < 1.29 is 12.8 Å². The number of aromatic nitrogens is 2. The van der Waals surface area contributed by atoms with Crippen molar-refractivity contribution in [3.63, 3.8) is 0 Å². The normalized spacial score (nSPS) is 17.8. The number of amidine groups is 1. The fraction of sp³-hybridized carbons (Fsp3) is 0.267. The van der Waals surface area contributed by atoms with Crippen LogP contribution < -0.4 is 27.2 Å². The van der Waals surface area contributed by atoms with Crippen LogP contribution in [-0.2, 0) is 10.0 Å². The molecule has 0 saturated carbocycles. The summed E-state index contributed by atoms with van der Waals surface area (Å²) in [5.74, 6) is 2.28. The first kappa shape index (κ1) is 30.7. The van der Waals surface area contributed by atoms with Crippen LogP contribution in [0.3, 0.4) is 0 Å². The summed E-state index contributed by atoms with van der Waals surface area (Å²) < 4.78 is 28.9.